The van der Waals surface area contributed by atoms with Crippen molar-refractivity contribution in [2.24, 2.45) is 11.7 Å². The minimum atomic E-state index is -0.747. The molecule has 0 unspecified atom stereocenters. The fourth-order valence-corrected chi connectivity index (χ4v) is 3.10. The lowest BCUT2D eigenvalue weighted by Gasteiger charge is -2.34. The zero-order valence-corrected chi connectivity index (χ0v) is 11.7. The van der Waals surface area contributed by atoms with Gasteiger partial charge in [0.25, 0.3) is 0 Å². The molecule has 1 saturated carbocycles. The van der Waals surface area contributed by atoms with E-state index in [1.165, 1.54) is 6.42 Å². The van der Waals surface area contributed by atoms with Crippen LogP contribution < -0.4 is 5.73 Å². The Bertz CT molecular complexity index is 381. The van der Waals surface area contributed by atoms with Gasteiger partial charge in [-0.3, -0.25) is 4.79 Å². The summed E-state index contributed by atoms with van der Waals surface area (Å²) in [6, 6.07) is 3.92. The first kappa shape index (κ1) is 13.6. The van der Waals surface area contributed by atoms with Crippen LogP contribution in [0.3, 0.4) is 0 Å². The highest BCUT2D eigenvalue weighted by molar-refractivity contribution is 7.09. The van der Waals surface area contributed by atoms with Crippen molar-refractivity contribution in [1.29, 1.82) is 0 Å². The molecule has 1 aliphatic carbocycles. The molecule has 100 valence electrons. The molecule has 0 saturated heterocycles. The Morgan fingerprint density at radius 3 is 2.83 bits per heavy atom. The normalized spacial score (nSPS) is 28.0. The fourth-order valence-electron chi connectivity index (χ4n) is 2.48. The topological polar surface area (TPSA) is 52.3 Å². The largest absolute Gasteiger partial charge is 0.459 e. The number of hydrogen-bond donors (Lipinski definition) is 1. The predicted molar refractivity (Wildman–Crippen MR) is 73.3 cm³/mol. The van der Waals surface area contributed by atoms with Gasteiger partial charge in [-0.15, -0.1) is 11.3 Å². The smallest absolute Gasteiger partial charge is 0.326 e. The van der Waals surface area contributed by atoms with Crippen molar-refractivity contribution in [3.63, 3.8) is 0 Å². The Labute approximate surface area is 112 Å². The molecule has 2 rings (SSSR count). The summed E-state index contributed by atoms with van der Waals surface area (Å²) in [5.74, 6) is 0.497. The summed E-state index contributed by atoms with van der Waals surface area (Å²) in [5, 5.41) is 1.98. The van der Waals surface area contributed by atoms with Crippen molar-refractivity contribution in [2.45, 2.75) is 51.2 Å². The summed E-state index contributed by atoms with van der Waals surface area (Å²) in [7, 11) is 0. The molecule has 0 spiro atoms. The number of thiophene rings is 1. The SMILES string of the molecule is CCC1CCC(N)(C(=O)OCc2cccs2)CC1. The standard InChI is InChI=1S/C14H21NO2S/c1-2-11-5-7-14(15,8-6-11)13(16)17-10-12-4-3-9-18-12/h3-4,9,11H,2,5-8,10,15H2,1H3. The van der Waals surface area contributed by atoms with Crippen molar-refractivity contribution in [3.8, 4) is 0 Å². The highest BCUT2D eigenvalue weighted by Gasteiger charge is 2.39. The average Bonchev–Trinajstić information content (AvgIpc) is 2.90. The van der Waals surface area contributed by atoms with E-state index in [0.29, 0.717) is 6.61 Å². The van der Waals surface area contributed by atoms with E-state index in [2.05, 4.69) is 6.92 Å². The molecule has 0 aliphatic heterocycles. The van der Waals surface area contributed by atoms with Crippen LogP contribution in [0.25, 0.3) is 0 Å². The molecular weight excluding hydrogens is 246 g/mol. The zero-order chi connectivity index (χ0) is 13.0. The van der Waals surface area contributed by atoms with Gasteiger partial charge < -0.3 is 10.5 Å². The number of nitrogens with two attached hydrogens (primary N) is 1. The van der Waals surface area contributed by atoms with Gasteiger partial charge in [0.1, 0.15) is 12.1 Å². The first-order chi connectivity index (χ1) is 8.64. The summed E-state index contributed by atoms with van der Waals surface area (Å²) in [5.41, 5.74) is 5.44. The third-order valence-electron chi connectivity index (χ3n) is 3.91. The molecule has 4 heteroatoms. The highest BCUT2D eigenvalue weighted by Crippen LogP contribution is 2.33. The molecule has 1 heterocycles. The first-order valence-electron chi connectivity index (χ1n) is 6.62. The maximum Gasteiger partial charge on any atom is 0.326 e. The number of carbonyl (C=O) groups is 1. The van der Waals surface area contributed by atoms with E-state index in [0.717, 1.165) is 36.5 Å². The van der Waals surface area contributed by atoms with E-state index in [-0.39, 0.29) is 5.97 Å². The van der Waals surface area contributed by atoms with Gasteiger partial charge in [0.05, 0.1) is 0 Å². The second-order valence-electron chi connectivity index (χ2n) is 5.16. The number of esters is 1. The molecule has 1 aliphatic rings. The molecule has 2 N–H and O–H groups in total. The lowest BCUT2D eigenvalue weighted by atomic mass is 9.76. The fraction of sp³-hybridized carbons (Fsp3) is 0.643. The van der Waals surface area contributed by atoms with Crippen LogP contribution in [0.15, 0.2) is 17.5 Å². The second kappa shape index (κ2) is 5.85. The van der Waals surface area contributed by atoms with Crippen LogP contribution >= 0.6 is 11.3 Å². The van der Waals surface area contributed by atoms with E-state index >= 15 is 0 Å². The van der Waals surface area contributed by atoms with Gasteiger partial charge in [0.2, 0.25) is 0 Å². The van der Waals surface area contributed by atoms with Gasteiger partial charge in [0.15, 0.2) is 0 Å². The zero-order valence-electron chi connectivity index (χ0n) is 10.9. The minimum Gasteiger partial charge on any atom is -0.459 e. The lowest BCUT2D eigenvalue weighted by Crippen LogP contribution is -2.51. The maximum absolute atomic E-state index is 12.1. The molecule has 0 aromatic carbocycles. The van der Waals surface area contributed by atoms with E-state index in [9.17, 15) is 4.79 Å². The van der Waals surface area contributed by atoms with Gasteiger partial charge in [-0.25, -0.2) is 0 Å². The average molecular weight is 267 g/mol. The number of carbonyl (C=O) groups excluding carboxylic acids is 1. The molecule has 18 heavy (non-hydrogen) atoms. The maximum atomic E-state index is 12.1. The third kappa shape index (κ3) is 3.12. The molecule has 0 radical (unpaired) electrons. The van der Waals surface area contributed by atoms with Crippen molar-refractivity contribution >= 4 is 17.3 Å². The monoisotopic (exact) mass is 267 g/mol. The highest BCUT2D eigenvalue weighted by atomic mass is 32.1. The van der Waals surface area contributed by atoms with Crippen LogP contribution in [0, 0.1) is 5.92 Å². The molecule has 3 nitrogen and oxygen atoms in total. The summed E-state index contributed by atoms with van der Waals surface area (Å²) in [6.07, 6.45) is 4.78. The Hall–Kier alpha value is -0.870. The van der Waals surface area contributed by atoms with E-state index in [4.69, 9.17) is 10.5 Å². The molecule has 0 atom stereocenters. The number of ether oxygens (including phenoxy) is 1. The molecular formula is C14H21NO2S. The third-order valence-corrected chi connectivity index (χ3v) is 4.76. The van der Waals surface area contributed by atoms with Gasteiger partial charge in [-0.05, 0) is 43.0 Å². The van der Waals surface area contributed by atoms with Crippen LogP contribution in [-0.2, 0) is 16.1 Å². The molecule has 0 bridgehead atoms. The van der Waals surface area contributed by atoms with Crippen molar-refractivity contribution in [1.82, 2.24) is 0 Å². The summed E-state index contributed by atoms with van der Waals surface area (Å²) < 4.78 is 5.34. The van der Waals surface area contributed by atoms with Crippen LogP contribution in [0.1, 0.15) is 43.9 Å². The number of hydrogen-bond acceptors (Lipinski definition) is 4. The summed E-state index contributed by atoms with van der Waals surface area (Å²) in [4.78, 5) is 13.1. The Morgan fingerprint density at radius 2 is 2.28 bits per heavy atom. The van der Waals surface area contributed by atoms with Crippen molar-refractivity contribution in [3.05, 3.63) is 22.4 Å². The van der Waals surface area contributed by atoms with Gasteiger partial charge >= 0.3 is 5.97 Å². The Kier molecular flexibility index (Phi) is 4.40. The van der Waals surface area contributed by atoms with Crippen LogP contribution in [0.2, 0.25) is 0 Å². The first-order valence-corrected chi connectivity index (χ1v) is 7.50. The van der Waals surface area contributed by atoms with Crippen LogP contribution in [-0.4, -0.2) is 11.5 Å². The number of rotatable bonds is 4. The summed E-state index contributed by atoms with van der Waals surface area (Å²) in [6.45, 7) is 2.55. The van der Waals surface area contributed by atoms with E-state index in [1.807, 2.05) is 17.5 Å². The molecule has 1 aromatic rings. The van der Waals surface area contributed by atoms with E-state index in [1.54, 1.807) is 11.3 Å². The molecule has 1 fully saturated rings. The van der Waals surface area contributed by atoms with Gasteiger partial charge in [-0.2, -0.15) is 0 Å². The van der Waals surface area contributed by atoms with Crippen molar-refractivity contribution in [2.75, 3.05) is 0 Å². The molecule has 0 amide bonds. The predicted octanol–water partition coefficient (Wildman–Crippen LogP) is 3.09. The van der Waals surface area contributed by atoms with Crippen LogP contribution in [0.4, 0.5) is 0 Å². The summed E-state index contributed by atoms with van der Waals surface area (Å²) >= 11 is 1.60. The Morgan fingerprint density at radius 1 is 1.56 bits per heavy atom. The molecule has 1 aromatic heterocycles. The van der Waals surface area contributed by atoms with Crippen LogP contribution in [0.5, 0.6) is 0 Å². The second-order valence-corrected chi connectivity index (χ2v) is 6.20. The van der Waals surface area contributed by atoms with E-state index < -0.39 is 5.54 Å². The Balaban J connectivity index is 1.84. The quantitative estimate of drug-likeness (QED) is 0.853. The van der Waals surface area contributed by atoms with Gasteiger partial charge in [0, 0.05) is 4.88 Å². The van der Waals surface area contributed by atoms with Gasteiger partial charge in [-0.1, -0.05) is 19.4 Å². The minimum absolute atomic E-state index is 0.231. The lowest BCUT2D eigenvalue weighted by molar-refractivity contribution is -0.153. The van der Waals surface area contributed by atoms with Crippen molar-refractivity contribution < 1.29 is 9.53 Å².